The SMILES string of the molecule is CC(C)(C)OC(=O)N[C@H]1CCC[C@@H](NC(=O)c2cccc(-n3cc(NC(=O)Cc4ccccc4)cn3)c2)C1. The Morgan fingerprint density at radius 2 is 1.74 bits per heavy atom. The van der Waals surface area contributed by atoms with E-state index in [0.717, 1.165) is 24.8 Å². The standard InChI is InChI=1S/C29H35N5O4/c1-29(2,3)38-28(37)33-23-13-8-12-22(17-23)32-27(36)21-11-7-14-25(16-21)34-19-24(18-30-34)31-26(35)15-20-9-5-4-6-10-20/h4-7,9-11,14,16,18-19,22-23H,8,12-13,15,17H2,1-3H3,(H,31,35)(H,32,36)(H,33,37)/t22-,23+/m1/s1. The van der Waals surface area contributed by atoms with Gasteiger partial charge in [-0.1, -0.05) is 36.4 Å². The molecule has 1 aliphatic carbocycles. The molecule has 1 saturated carbocycles. The summed E-state index contributed by atoms with van der Waals surface area (Å²) in [6, 6.07) is 16.6. The van der Waals surface area contributed by atoms with Crippen LogP contribution in [0.15, 0.2) is 67.0 Å². The molecule has 1 aliphatic rings. The van der Waals surface area contributed by atoms with E-state index in [1.807, 2.05) is 57.2 Å². The van der Waals surface area contributed by atoms with E-state index in [1.54, 1.807) is 35.3 Å². The molecule has 0 spiro atoms. The van der Waals surface area contributed by atoms with Gasteiger partial charge in [-0.05, 0) is 70.2 Å². The molecule has 1 heterocycles. The second-order valence-corrected chi connectivity index (χ2v) is 10.6. The molecule has 4 rings (SSSR count). The van der Waals surface area contributed by atoms with E-state index in [0.29, 0.717) is 23.4 Å². The average Bonchev–Trinajstić information content (AvgIpc) is 3.32. The van der Waals surface area contributed by atoms with Gasteiger partial charge in [-0.25, -0.2) is 9.48 Å². The van der Waals surface area contributed by atoms with Gasteiger partial charge in [-0.2, -0.15) is 5.10 Å². The number of hydrogen-bond acceptors (Lipinski definition) is 5. The first-order chi connectivity index (χ1) is 18.1. The van der Waals surface area contributed by atoms with Crippen molar-refractivity contribution in [3.05, 3.63) is 78.1 Å². The minimum Gasteiger partial charge on any atom is -0.444 e. The number of hydrogen-bond donors (Lipinski definition) is 3. The van der Waals surface area contributed by atoms with Gasteiger partial charge in [0, 0.05) is 17.6 Å². The summed E-state index contributed by atoms with van der Waals surface area (Å²) >= 11 is 0. The Morgan fingerprint density at radius 3 is 2.47 bits per heavy atom. The molecule has 38 heavy (non-hydrogen) atoms. The van der Waals surface area contributed by atoms with Crippen molar-refractivity contribution in [3.8, 4) is 5.69 Å². The first-order valence-corrected chi connectivity index (χ1v) is 12.9. The first-order valence-electron chi connectivity index (χ1n) is 12.9. The van der Waals surface area contributed by atoms with Crippen LogP contribution in [0.4, 0.5) is 10.5 Å². The number of ether oxygens (including phenoxy) is 1. The van der Waals surface area contributed by atoms with Crippen LogP contribution in [0.5, 0.6) is 0 Å². The molecule has 2 atom stereocenters. The van der Waals surface area contributed by atoms with Crippen LogP contribution in [0, 0.1) is 0 Å². The van der Waals surface area contributed by atoms with Crippen molar-refractivity contribution in [2.24, 2.45) is 0 Å². The first kappa shape index (κ1) is 26.9. The Hall–Kier alpha value is -4.14. The normalized spacial score (nSPS) is 17.3. The lowest BCUT2D eigenvalue weighted by molar-refractivity contribution is -0.115. The fourth-order valence-electron chi connectivity index (χ4n) is 4.50. The molecule has 9 nitrogen and oxygen atoms in total. The zero-order valence-corrected chi connectivity index (χ0v) is 22.1. The third-order valence-electron chi connectivity index (χ3n) is 6.18. The van der Waals surface area contributed by atoms with Gasteiger partial charge in [-0.3, -0.25) is 9.59 Å². The van der Waals surface area contributed by atoms with E-state index in [-0.39, 0.29) is 30.3 Å². The van der Waals surface area contributed by atoms with Crippen LogP contribution in [0.25, 0.3) is 5.69 Å². The molecule has 0 saturated heterocycles. The minimum absolute atomic E-state index is 0.0454. The van der Waals surface area contributed by atoms with Crippen LogP contribution >= 0.6 is 0 Å². The highest BCUT2D eigenvalue weighted by Crippen LogP contribution is 2.21. The van der Waals surface area contributed by atoms with Gasteiger partial charge in [0.25, 0.3) is 5.91 Å². The number of carbonyl (C=O) groups excluding carboxylic acids is 3. The Bertz CT molecular complexity index is 1270. The number of aromatic nitrogens is 2. The molecule has 9 heteroatoms. The third-order valence-corrected chi connectivity index (χ3v) is 6.18. The predicted octanol–water partition coefficient (Wildman–Crippen LogP) is 4.62. The molecular formula is C29H35N5O4. The molecule has 0 aliphatic heterocycles. The molecule has 1 fully saturated rings. The summed E-state index contributed by atoms with van der Waals surface area (Å²) in [6.07, 6.45) is 6.39. The Morgan fingerprint density at radius 1 is 1.00 bits per heavy atom. The Labute approximate surface area is 223 Å². The minimum atomic E-state index is -0.555. The number of anilines is 1. The molecule has 0 radical (unpaired) electrons. The van der Waals surface area contributed by atoms with Crippen molar-refractivity contribution in [2.75, 3.05) is 5.32 Å². The summed E-state index contributed by atoms with van der Waals surface area (Å²) in [4.78, 5) is 37.5. The van der Waals surface area contributed by atoms with E-state index in [1.165, 1.54) is 0 Å². The van der Waals surface area contributed by atoms with Crippen LogP contribution in [0.3, 0.4) is 0 Å². The fraction of sp³-hybridized carbons (Fsp3) is 0.379. The number of amides is 3. The second kappa shape index (κ2) is 11.9. The smallest absolute Gasteiger partial charge is 0.407 e. The Balaban J connectivity index is 1.33. The molecular weight excluding hydrogens is 482 g/mol. The number of nitrogens with one attached hydrogen (secondary N) is 3. The quantitative estimate of drug-likeness (QED) is 0.423. The highest BCUT2D eigenvalue weighted by Gasteiger charge is 2.26. The van der Waals surface area contributed by atoms with Crippen LogP contribution in [0.2, 0.25) is 0 Å². The second-order valence-electron chi connectivity index (χ2n) is 10.6. The van der Waals surface area contributed by atoms with Gasteiger partial charge in [0.05, 0.1) is 30.2 Å². The van der Waals surface area contributed by atoms with Gasteiger partial charge in [0.15, 0.2) is 0 Å². The summed E-state index contributed by atoms with van der Waals surface area (Å²) in [5.74, 6) is -0.311. The van der Waals surface area contributed by atoms with Crippen molar-refractivity contribution in [2.45, 2.75) is 70.6 Å². The van der Waals surface area contributed by atoms with E-state index in [9.17, 15) is 14.4 Å². The van der Waals surface area contributed by atoms with Gasteiger partial charge < -0.3 is 20.7 Å². The number of rotatable bonds is 7. The molecule has 3 aromatic rings. The molecule has 1 aromatic heterocycles. The molecule has 200 valence electrons. The lowest BCUT2D eigenvalue weighted by Gasteiger charge is -2.31. The number of nitrogens with zero attached hydrogens (tertiary/aromatic N) is 2. The number of benzene rings is 2. The zero-order valence-electron chi connectivity index (χ0n) is 22.1. The summed E-state index contributed by atoms with van der Waals surface area (Å²) in [7, 11) is 0. The number of carbonyl (C=O) groups is 3. The van der Waals surface area contributed by atoms with Gasteiger partial charge in [0.2, 0.25) is 5.91 Å². The fourth-order valence-corrected chi connectivity index (χ4v) is 4.50. The summed E-state index contributed by atoms with van der Waals surface area (Å²) in [5, 5.41) is 13.2. The largest absolute Gasteiger partial charge is 0.444 e. The summed E-state index contributed by atoms with van der Waals surface area (Å²) < 4.78 is 6.98. The zero-order chi connectivity index (χ0) is 27.1. The molecule has 2 aromatic carbocycles. The molecule has 0 bridgehead atoms. The van der Waals surface area contributed by atoms with Crippen molar-refractivity contribution in [3.63, 3.8) is 0 Å². The van der Waals surface area contributed by atoms with Gasteiger partial charge in [-0.15, -0.1) is 0 Å². The van der Waals surface area contributed by atoms with Crippen LogP contribution < -0.4 is 16.0 Å². The summed E-state index contributed by atoms with van der Waals surface area (Å²) in [5.41, 5.74) is 2.16. The van der Waals surface area contributed by atoms with E-state index < -0.39 is 11.7 Å². The molecule has 3 amide bonds. The van der Waals surface area contributed by atoms with Crippen LogP contribution in [0.1, 0.15) is 62.4 Å². The van der Waals surface area contributed by atoms with Crippen molar-refractivity contribution in [1.29, 1.82) is 0 Å². The monoisotopic (exact) mass is 517 g/mol. The highest BCUT2D eigenvalue weighted by molar-refractivity contribution is 5.95. The molecule has 3 N–H and O–H groups in total. The topological polar surface area (TPSA) is 114 Å². The Kier molecular flexibility index (Phi) is 8.45. The maximum absolute atomic E-state index is 13.0. The maximum Gasteiger partial charge on any atom is 0.407 e. The van der Waals surface area contributed by atoms with Crippen LogP contribution in [-0.4, -0.2) is 45.4 Å². The highest BCUT2D eigenvalue weighted by atomic mass is 16.6. The van der Waals surface area contributed by atoms with E-state index >= 15 is 0 Å². The van der Waals surface area contributed by atoms with Crippen molar-refractivity contribution < 1.29 is 19.1 Å². The lowest BCUT2D eigenvalue weighted by atomic mass is 9.91. The third kappa shape index (κ3) is 7.93. The average molecular weight is 518 g/mol. The van der Waals surface area contributed by atoms with E-state index in [4.69, 9.17) is 4.74 Å². The van der Waals surface area contributed by atoms with Crippen molar-refractivity contribution >= 4 is 23.6 Å². The molecule has 0 unspecified atom stereocenters. The lowest BCUT2D eigenvalue weighted by Crippen LogP contribution is -2.46. The number of alkyl carbamates (subject to hydrolysis) is 1. The van der Waals surface area contributed by atoms with Gasteiger partial charge in [0.1, 0.15) is 5.60 Å². The van der Waals surface area contributed by atoms with Gasteiger partial charge >= 0.3 is 6.09 Å². The predicted molar refractivity (Wildman–Crippen MR) is 145 cm³/mol. The van der Waals surface area contributed by atoms with Crippen molar-refractivity contribution in [1.82, 2.24) is 20.4 Å². The van der Waals surface area contributed by atoms with Crippen LogP contribution in [-0.2, 0) is 16.0 Å². The summed E-state index contributed by atoms with van der Waals surface area (Å²) in [6.45, 7) is 5.49. The maximum atomic E-state index is 13.0. The van der Waals surface area contributed by atoms with E-state index in [2.05, 4.69) is 21.0 Å².